The number of rotatable bonds is 9. The average molecular weight is 381 g/mol. The van der Waals surface area contributed by atoms with Crippen LogP contribution in [0, 0.1) is 5.92 Å². The summed E-state index contributed by atoms with van der Waals surface area (Å²) < 4.78 is 4.94. The molecule has 0 bridgehead atoms. The zero-order valence-corrected chi connectivity index (χ0v) is 16.6. The quantitative estimate of drug-likeness (QED) is 0.526. The zero-order valence-electron chi connectivity index (χ0n) is 16.6. The van der Waals surface area contributed by atoms with Gasteiger partial charge in [-0.2, -0.15) is 0 Å². The van der Waals surface area contributed by atoms with Gasteiger partial charge in [-0.1, -0.05) is 68.4 Å². The molecule has 148 valence electrons. The van der Waals surface area contributed by atoms with Crippen LogP contribution in [-0.4, -0.2) is 30.3 Å². The van der Waals surface area contributed by atoms with Crippen LogP contribution in [0.1, 0.15) is 44.0 Å². The molecule has 2 aromatic carbocycles. The number of amides is 1. The van der Waals surface area contributed by atoms with Crippen molar-refractivity contribution >= 4 is 17.7 Å². The van der Waals surface area contributed by atoms with Crippen molar-refractivity contribution in [2.45, 2.75) is 39.7 Å². The van der Waals surface area contributed by atoms with Gasteiger partial charge >= 0.3 is 5.97 Å². The Hall–Kier alpha value is -2.95. The molecule has 2 aromatic rings. The number of Topliss-reactive ketones (excluding diaryl/α,β-unsaturated/α-hetero) is 1. The summed E-state index contributed by atoms with van der Waals surface area (Å²) in [7, 11) is 0. The van der Waals surface area contributed by atoms with E-state index in [1.54, 1.807) is 12.1 Å². The molecule has 1 N–H and O–H groups in total. The molecule has 0 aliphatic rings. The van der Waals surface area contributed by atoms with Crippen LogP contribution in [0.25, 0.3) is 11.1 Å². The third-order valence-electron chi connectivity index (χ3n) is 4.62. The number of nitrogens with one attached hydrogen (secondary N) is 1. The summed E-state index contributed by atoms with van der Waals surface area (Å²) in [6, 6.07) is 17.2. The van der Waals surface area contributed by atoms with E-state index in [0.717, 1.165) is 11.1 Å². The molecule has 0 fully saturated rings. The number of benzene rings is 2. The van der Waals surface area contributed by atoms with Crippen LogP contribution in [0.4, 0.5) is 0 Å². The lowest BCUT2D eigenvalue weighted by molar-refractivity contribution is -0.148. The van der Waals surface area contributed by atoms with Gasteiger partial charge in [0.25, 0.3) is 5.91 Å². The molecule has 0 heterocycles. The van der Waals surface area contributed by atoms with E-state index in [-0.39, 0.29) is 37.2 Å². The Labute approximate surface area is 166 Å². The average Bonchev–Trinajstić information content (AvgIpc) is 2.71. The Morgan fingerprint density at radius 3 is 2.07 bits per heavy atom. The highest BCUT2D eigenvalue weighted by atomic mass is 16.5. The van der Waals surface area contributed by atoms with Crippen molar-refractivity contribution in [1.29, 1.82) is 0 Å². The summed E-state index contributed by atoms with van der Waals surface area (Å²) in [5.41, 5.74) is 2.66. The first-order valence-corrected chi connectivity index (χ1v) is 9.50. The summed E-state index contributed by atoms with van der Waals surface area (Å²) in [4.78, 5) is 35.8. The molecule has 2 rings (SSSR count). The fourth-order valence-corrected chi connectivity index (χ4v) is 2.52. The fraction of sp³-hybridized carbons (Fsp3) is 0.348. The lowest BCUT2D eigenvalue weighted by Crippen LogP contribution is -2.38. The van der Waals surface area contributed by atoms with E-state index in [1.807, 2.05) is 63.2 Å². The SMILES string of the molecule is CC(C)[C@@H](C)NC(=O)COC(=O)CCC(=O)c1ccc(-c2ccccc2)cc1. The Kier molecular flexibility index (Phi) is 7.93. The van der Waals surface area contributed by atoms with Crippen LogP contribution in [0.3, 0.4) is 0 Å². The van der Waals surface area contributed by atoms with Gasteiger partial charge in [0, 0.05) is 18.0 Å². The van der Waals surface area contributed by atoms with Crippen molar-refractivity contribution in [3.8, 4) is 11.1 Å². The highest BCUT2D eigenvalue weighted by Crippen LogP contribution is 2.20. The van der Waals surface area contributed by atoms with Gasteiger partial charge in [0.2, 0.25) is 0 Å². The van der Waals surface area contributed by atoms with Crippen LogP contribution < -0.4 is 5.32 Å². The second kappa shape index (κ2) is 10.4. The van der Waals surface area contributed by atoms with Crippen LogP contribution in [0.2, 0.25) is 0 Å². The van der Waals surface area contributed by atoms with Crippen LogP contribution in [-0.2, 0) is 14.3 Å². The highest BCUT2D eigenvalue weighted by molar-refractivity contribution is 5.98. The molecule has 0 aliphatic carbocycles. The zero-order chi connectivity index (χ0) is 20.5. The molecule has 28 heavy (non-hydrogen) atoms. The van der Waals surface area contributed by atoms with Crippen molar-refractivity contribution in [3.05, 3.63) is 60.2 Å². The minimum atomic E-state index is -0.554. The van der Waals surface area contributed by atoms with Gasteiger partial charge in [-0.15, -0.1) is 0 Å². The van der Waals surface area contributed by atoms with E-state index in [0.29, 0.717) is 11.5 Å². The lowest BCUT2D eigenvalue weighted by atomic mass is 10.0. The summed E-state index contributed by atoms with van der Waals surface area (Å²) >= 11 is 0. The van der Waals surface area contributed by atoms with Crippen molar-refractivity contribution in [2.75, 3.05) is 6.61 Å². The van der Waals surface area contributed by atoms with Gasteiger partial charge in [0.05, 0.1) is 6.42 Å². The molecule has 0 saturated carbocycles. The Balaban J connectivity index is 1.77. The molecular formula is C23H27NO4. The van der Waals surface area contributed by atoms with Crippen molar-refractivity contribution in [1.82, 2.24) is 5.32 Å². The molecule has 1 atom stereocenters. The lowest BCUT2D eigenvalue weighted by Gasteiger charge is -2.17. The maximum Gasteiger partial charge on any atom is 0.306 e. The molecular weight excluding hydrogens is 354 g/mol. The Bertz CT molecular complexity index is 797. The van der Waals surface area contributed by atoms with Crippen LogP contribution in [0.5, 0.6) is 0 Å². The molecule has 0 aliphatic heterocycles. The number of carbonyl (C=O) groups excluding carboxylic acids is 3. The molecule has 1 amide bonds. The maximum absolute atomic E-state index is 12.3. The number of ketones is 1. The van der Waals surface area contributed by atoms with Crippen LogP contribution in [0.15, 0.2) is 54.6 Å². The monoisotopic (exact) mass is 381 g/mol. The van der Waals surface area contributed by atoms with Crippen LogP contribution >= 0.6 is 0 Å². The first kappa shape index (κ1) is 21.4. The molecule has 0 aromatic heterocycles. The van der Waals surface area contributed by atoms with Crippen molar-refractivity contribution < 1.29 is 19.1 Å². The number of carbonyl (C=O) groups is 3. The second-order valence-corrected chi connectivity index (χ2v) is 7.13. The molecule has 0 radical (unpaired) electrons. The van der Waals surface area contributed by atoms with Gasteiger partial charge < -0.3 is 10.1 Å². The molecule has 0 unspecified atom stereocenters. The predicted molar refractivity (Wildman–Crippen MR) is 109 cm³/mol. The molecule has 5 nitrogen and oxygen atoms in total. The van der Waals surface area contributed by atoms with Gasteiger partial charge in [-0.3, -0.25) is 14.4 Å². The summed E-state index contributed by atoms with van der Waals surface area (Å²) in [6.45, 7) is 5.56. The second-order valence-electron chi connectivity index (χ2n) is 7.13. The standard InChI is InChI=1S/C23H27NO4/c1-16(2)17(3)24-22(26)15-28-23(27)14-13-21(25)20-11-9-19(10-12-20)18-7-5-4-6-8-18/h4-12,16-17H,13-15H2,1-3H3,(H,24,26)/t17-/m1/s1. The van der Waals surface area contributed by atoms with Gasteiger partial charge in [0.15, 0.2) is 12.4 Å². The Morgan fingerprint density at radius 1 is 0.857 bits per heavy atom. The van der Waals surface area contributed by atoms with Crippen molar-refractivity contribution in [3.63, 3.8) is 0 Å². The van der Waals surface area contributed by atoms with E-state index < -0.39 is 5.97 Å². The van der Waals surface area contributed by atoms with E-state index in [4.69, 9.17) is 4.74 Å². The largest absolute Gasteiger partial charge is 0.456 e. The minimum absolute atomic E-state index is 0.00615. The molecule has 0 spiro atoms. The third kappa shape index (κ3) is 6.65. The van der Waals surface area contributed by atoms with E-state index >= 15 is 0 Å². The normalized spacial score (nSPS) is 11.7. The Morgan fingerprint density at radius 2 is 1.46 bits per heavy atom. The number of esters is 1. The summed E-state index contributed by atoms with van der Waals surface area (Å²) in [6.07, 6.45) is -0.000182. The number of hydrogen-bond donors (Lipinski definition) is 1. The first-order valence-electron chi connectivity index (χ1n) is 9.50. The minimum Gasteiger partial charge on any atom is -0.456 e. The fourth-order valence-electron chi connectivity index (χ4n) is 2.52. The number of ether oxygens (including phenoxy) is 1. The third-order valence-corrected chi connectivity index (χ3v) is 4.62. The molecule has 5 heteroatoms. The first-order chi connectivity index (χ1) is 13.4. The highest BCUT2D eigenvalue weighted by Gasteiger charge is 2.14. The summed E-state index contributed by atoms with van der Waals surface area (Å²) in [5, 5.41) is 2.76. The van der Waals surface area contributed by atoms with E-state index in [1.165, 1.54) is 0 Å². The van der Waals surface area contributed by atoms with Gasteiger partial charge in [-0.05, 0) is 24.0 Å². The van der Waals surface area contributed by atoms with E-state index in [2.05, 4.69) is 5.32 Å². The molecule has 0 saturated heterocycles. The smallest absolute Gasteiger partial charge is 0.306 e. The van der Waals surface area contributed by atoms with E-state index in [9.17, 15) is 14.4 Å². The summed E-state index contributed by atoms with van der Waals surface area (Å²) in [5.74, 6) is -0.723. The van der Waals surface area contributed by atoms with Crippen molar-refractivity contribution in [2.24, 2.45) is 5.92 Å². The topological polar surface area (TPSA) is 72.5 Å². The van der Waals surface area contributed by atoms with Gasteiger partial charge in [-0.25, -0.2) is 0 Å². The predicted octanol–water partition coefficient (Wildman–Crippen LogP) is 4.02. The maximum atomic E-state index is 12.3. The van der Waals surface area contributed by atoms with Gasteiger partial charge in [0.1, 0.15) is 0 Å². The number of hydrogen-bond acceptors (Lipinski definition) is 4.